The molecule has 0 spiro atoms. The van der Waals surface area contributed by atoms with Crippen molar-refractivity contribution in [2.45, 2.75) is 38.7 Å². The molecule has 0 aromatic carbocycles. The Morgan fingerprint density at radius 2 is 2.31 bits per heavy atom. The van der Waals surface area contributed by atoms with Crippen LogP contribution in [0.4, 0.5) is 0 Å². The minimum Gasteiger partial charge on any atom is -0.481 e. The molecule has 2 fully saturated rings. The average molecular weight is 184 g/mol. The Kier molecular flexibility index (Phi) is 2.06. The van der Waals surface area contributed by atoms with Gasteiger partial charge >= 0.3 is 5.97 Å². The molecule has 1 N–H and O–H groups in total. The monoisotopic (exact) mass is 184 g/mol. The van der Waals surface area contributed by atoms with Crippen LogP contribution in [0.25, 0.3) is 0 Å². The Hall–Kier alpha value is -0.570. The molecule has 1 aliphatic carbocycles. The van der Waals surface area contributed by atoms with E-state index < -0.39 is 11.4 Å². The van der Waals surface area contributed by atoms with Gasteiger partial charge in [0.2, 0.25) is 0 Å². The third-order valence-electron chi connectivity index (χ3n) is 3.47. The highest BCUT2D eigenvalue weighted by Crippen LogP contribution is 2.47. The Morgan fingerprint density at radius 1 is 1.62 bits per heavy atom. The summed E-state index contributed by atoms with van der Waals surface area (Å²) >= 11 is 0. The topological polar surface area (TPSA) is 46.5 Å². The summed E-state index contributed by atoms with van der Waals surface area (Å²) in [5.74, 6) is -0.00958. The van der Waals surface area contributed by atoms with Crippen LogP contribution in [0.5, 0.6) is 0 Å². The molecule has 2 rings (SSSR count). The van der Waals surface area contributed by atoms with Crippen LogP contribution < -0.4 is 0 Å². The second-order valence-corrected chi connectivity index (χ2v) is 4.37. The Labute approximate surface area is 78.1 Å². The molecule has 0 radical (unpaired) electrons. The quantitative estimate of drug-likeness (QED) is 0.725. The Balaban J connectivity index is 2.12. The van der Waals surface area contributed by atoms with E-state index in [4.69, 9.17) is 4.74 Å². The first-order valence-electron chi connectivity index (χ1n) is 5.00. The zero-order chi connectivity index (χ0) is 9.47. The van der Waals surface area contributed by atoms with Crippen molar-refractivity contribution < 1.29 is 14.6 Å². The predicted octanol–water partition coefficient (Wildman–Crippen LogP) is 1.67. The van der Waals surface area contributed by atoms with E-state index in [2.05, 4.69) is 0 Å². The van der Waals surface area contributed by atoms with Crippen molar-refractivity contribution in [2.75, 3.05) is 6.61 Å². The van der Waals surface area contributed by atoms with Crippen molar-refractivity contribution in [3.63, 3.8) is 0 Å². The normalized spacial score (nSPS) is 39.3. The van der Waals surface area contributed by atoms with E-state index in [0.29, 0.717) is 18.9 Å². The molecule has 1 heterocycles. The molecular weight excluding hydrogens is 168 g/mol. The maximum Gasteiger partial charge on any atom is 0.312 e. The fourth-order valence-corrected chi connectivity index (χ4v) is 2.25. The molecule has 1 saturated heterocycles. The molecule has 0 amide bonds. The summed E-state index contributed by atoms with van der Waals surface area (Å²) in [6.07, 6.45) is 3.83. The molecule has 3 heteroatoms. The van der Waals surface area contributed by atoms with Crippen LogP contribution in [0.15, 0.2) is 0 Å². The van der Waals surface area contributed by atoms with E-state index in [-0.39, 0.29) is 6.10 Å². The molecule has 1 saturated carbocycles. The van der Waals surface area contributed by atoms with Crippen LogP contribution in [0, 0.1) is 11.3 Å². The van der Waals surface area contributed by atoms with Gasteiger partial charge in [0.1, 0.15) is 0 Å². The first kappa shape index (κ1) is 9.00. The molecule has 2 atom stereocenters. The molecular formula is C10H16O3. The van der Waals surface area contributed by atoms with Crippen molar-refractivity contribution in [1.82, 2.24) is 0 Å². The molecule has 0 bridgehead atoms. The number of aliphatic carboxylic acids is 1. The van der Waals surface area contributed by atoms with Crippen LogP contribution in [0.2, 0.25) is 0 Å². The number of carbonyl (C=O) groups is 1. The Bertz CT molecular complexity index is 222. The fraction of sp³-hybridized carbons (Fsp3) is 0.900. The van der Waals surface area contributed by atoms with Crippen LogP contribution in [-0.4, -0.2) is 23.8 Å². The minimum atomic E-state index is -0.663. The van der Waals surface area contributed by atoms with E-state index in [1.807, 2.05) is 6.92 Å². The van der Waals surface area contributed by atoms with Crippen molar-refractivity contribution >= 4 is 5.97 Å². The molecule has 2 unspecified atom stereocenters. The number of ether oxygens (including phenoxy) is 1. The first-order valence-corrected chi connectivity index (χ1v) is 5.00. The van der Waals surface area contributed by atoms with E-state index in [1.54, 1.807) is 0 Å². The highest BCUT2D eigenvalue weighted by Gasteiger charge is 2.50. The van der Waals surface area contributed by atoms with Crippen molar-refractivity contribution in [2.24, 2.45) is 11.3 Å². The zero-order valence-corrected chi connectivity index (χ0v) is 7.95. The van der Waals surface area contributed by atoms with Gasteiger partial charge in [0.05, 0.1) is 11.5 Å². The molecule has 0 aromatic rings. The summed E-state index contributed by atoms with van der Waals surface area (Å²) in [5, 5.41) is 9.23. The molecule has 0 aromatic heterocycles. The largest absolute Gasteiger partial charge is 0.481 e. The maximum absolute atomic E-state index is 11.2. The minimum absolute atomic E-state index is 0.106. The number of hydrogen-bond donors (Lipinski definition) is 1. The number of carboxylic acid groups (broad SMARTS) is 1. The summed E-state index contributed by atoms with van der Waals surface area (Å²) < 4.78 is 5.38. The summed E-state index contributed by atoms with van der Waals surface area (Å²) in [6, 6.07) is 0. The maximum atomic E-state index is 11.2. The van der Waals surface area contributed by atoms with Crippen LogP contribution in [0.1, 0.15) is 32.6 Å². The zero-order valence-electron chi connectivity index (χ0n) is 7.95. The van der Waals surface area contributed by atoms with Gasteiger partial charge in [-0.15, -0.1) is 0 Å². The van der Waals surface area contributed by atoms with E-state index >= 15 is 0 Å². The van der Waals surface area contributed by atoms with Crippen LogP contribution >= 0.6 is 0 Å². The first-order chi connectivity index (χ1) is 6.15. The van der Waals surface area contributed by atoms with Crippen molar-refractivity contribution in [3.8, 4) is 0 Å². The third kappa shape index (κ3) is 1.46. The number of carboxylic acids is 1. The van der Waals surface area contributed by atoms with Gasteiger partial charge in [-0.2, -0.15) is 0 Å². The molecule has 13 heavy (non-hydrogen) atoms. The lowest BCUT2D eigenvalue weighted by Crippen LogP contribution is -2.37. The highest BCUT2D eigenvalue weighted by molar-refractivity contribution is 5.75. The smallest absolute Gasteiger partial charge is 0.312 e. The van der Waals surface area contributed by atoms with Gasteiger partial charge in [-0.1, -0.05) is 12.8 Å². The summed E-state index contributed by atoms with van der Waals surface area (Å²) in [5.41, 5.74) is -0.568. The standard InChI is InChI=1S/C10H16O3/c1-7-10(9(11)12,4-5-13-7)6-8-2-3-8/h7-8H,2-6H2,1H3,(H,11,12). The molecule has 1 aliphatic heterocycles. The molecule has 74 valence electrons. The van der Waals surface area contributed by atoms with Crippen LogP contribution in [0.3, 0.4) is 0 Å². The van der Waals surface area contributed by atoms with Gasteiger partial charge in [0, 0.05) is 6.61 Å². The van der Waals surface area contributed by atoms with Gasteiger partial charge in [0.25, 0.3) is 0 Å². The predicted molar refractivity (Wildman–Crippen MR) is 47.4 cm³/mol. The lowest BCUT2D eigenvalue weighted by atomic mass is 9.77. The van der Waals surface area contributed by atoms with Gasteiger partial charge in [-0.05, 0) is 25.7 Å². The van der Waals surface area contributed by atoms with E-state index in [1.165, 1.54) is 12.8 Å². The molecule has 2 aliphatic rings. The number of rotatable bonds is 3. The summed E-state index contributed by atoms with van der Waals surface area (Å²) in [7, 11) is 0. The second-order valence-electron chi connectivity index (χ2n) is 4.37. The van der Waals surface area contributed by atoms with Crippen molar-refractivity contribution in [1.29, 1.82) is 0 Å². The van der Waals surface area contributed by atoms with Crippen molar-refractivity contribution in [3.05, 3.63) is 0 Å². The fourth-order valence-electron chi connectivity index (χ4n) is 2.25. The second kappa shape index (κ2) is 2.98. The lowest BCUT2D eigenvalue weighted by Gasteiger charge is -2.27. The summed E-state index contributed by atoms with van der Waals surface area (Å²) in [4.78, 5) is 11.2. The average Bonchev–Trinajstić information content (AvgIpc) is 2.78. The van der Waals surface area contributed by atoms with Gasteiger partial charge in [-0.3, -0.25) is 4.79 Å². The van der Waals surface area contributed by atoms with E-state index in [0.717, 1.165) is 6.42 Å². The SMILES string of the molecule is CC1OCCC1(CC1CC1)C(=O)O. The highest BCUT2D eigenvalue weighted by atomic mass is 16.5. The van der Waals surface area contributed by atoms with Crippen LogP contribution in [-0.2, 0) is 9.53 Å². The number of hydrogen-bond acceptors (Lipinski definition) is 2. The van der Waals surface area contributed by atoms with Gasteiger partial charge in [0.15, 0.2) is 0 Å². The van der Waals surface area contributed by atoms with Gasteiger partial charge in [-0.25, -0.2) is 0 Å². The molecule has 3 nitrogen and oxygen atoms in total. The van der Waals surface area contributed by atoms with E-state index in [9.17, 15) is 9.90 Å². The van der Waals surface area contributed by atoms with Gasteiger partial charge < -0.3 is 9.84 Å². The third-order valence-corrected chi connectivity index (χ3v) is 3.47. The lowest BCUT2D eigenvalue weighted by molar-refractivity contribution is -0.152. The Morgan fingerprint density at radius 3 is 2.69 bits per heavy atom. The summed E-state index contributed by atoms with van der Waals surface area (Å²) in [6.45, 7) is 2.50.